The first-order valence-corrected chi connectivity index (χ1v) is 9.98. The van der Waals surface area contributed by atoms with Crippen LogP contribution in [0.2, 0.25) is 0 Å². The number of hydrogen-bond acceptors (Lipinski definition) is 5. The molecule has 2 atom stereocenters. The summed E-state index contributed by atoms with van der Waals surface area (Å²) in [5.74, 6) is 0.652. The van der Waals surface area contributed by atoms with Gasteiger partial charge < -0.3 is 5.32 Å². The monoisotopic (exact) mass is 403 g/mol. The molecule has 0 bridgehead atoms. The molecule has 152 valence electrons. The van der Waals surface area contributed by atoms with Crippen molar-refractivity contribution in [3.63, 3.8) is 0 Å². The Labute approximate surface area is 173 Å². The van der Waals surface area contributed by atoms with Gasteiger partial charge in [-0.3, -0.25) is 9.36 Å². The summed E-state index contributed by atoms with van der Waals surface area (Å²) in [6, 6.07) is 7.86. The molecule has 30 heavy (non-hydrogen) atoms. The fraction of sp³-hybridized carbons (Fsp3) is 0.273. The molecule has 1 aliphatic rings. The van der Waals surface area contributed by atoms with Gasteiger partial charge in [0.05, 0.1) is 18.4 Å². The molecule has 1 fully saturated rings. The Hall–Kier alpha value is -3.39. The standard InChI is InChI=1S/C22H22FN7/c1-29-13-18(10-27-29)15-3-2-4-16(7-15)22-25-8-17(9-26-22)19-11-28-30(14-19)21-5-6-24-12-20(21)23/h2-4,7-11,13-14,20-21,24H,5-6,12H2,1H3/t20-,21?/m1/s1. The van der Waals surface area contributed by atoms with E-state index in [0.29, 0.717) is 12.4 Å². The molecule has 4 aromatic rings. The van der Waals surface area contributed by atoms with Crippen LogP contribution in [0, 0.1) is 0 Å². The second-order valence-corrected chi connectivity index (χ2v) is 7.56. The normalized spacial score (nSPS) is 19.1. The lowest BCUT2D eigenvalue weighted by Gasteiger charge is -2.26. The Bertz CT molecular complexity index is 1150. The molecule has 1 N–H and O–H groups in total. The van der Waals surface area contributed by atoms with Crippen molar-refractivity contribution < 1.29 is 4.39 Å². The van der Waals surface area contributed by atoms with Crippen molar-refractivity contribution in [3.05, 3.63) is 61.4 Å². The van der Waals surface area contributed by atoms with Gasteiger partial charge in [0, 0.05) is 60.6 Å². The van der Waals surface area contributed by atoms with E-state index in [1.54, 1.807) is 28.0 Å². The lowest BCUT2D eigenvalue weighted by molar-refractivity contribution is 0.173. The molecule has 4 heterocycles. The summed E-state index contributed by atoms with van der Waals surface area (Å²) in [4.78, 5) is 9.10. The Balaban J connectivity index is 1.38. The van der Waals surface area contributed by atoms with Crippen LogP contribution in [0.5, 0.6) is 0 Å². The van der Waals surface area contributed by atoms with Gasteiger partial charge in [-0.1, -0.05) is 18.2 Å². The van der Waals surface area contributed by atoms with Gasteiger partial charge in [0.2, 0.25) is 0 Å². The second kappa shape index (κ2) is 7.79. The van der Waals surface area contributed by atoms with Gasteiger partial charge in [0.15, 0.2) is 5.82 Å². The minimum Gasteiger partial charge on any atom is -0.314 e. The van der Waals surface area contributed by atoms with Gasteiger partial charge in [-0.2, -0.15) is 10.2 Å². The van der Waals surface area contributed by atoms with E-state index in [2.05, 4.69) is 31.5 Å². The third-order valence-electron chi connectivity index (χ3n) is 5.46. The molecule has 1 aromatic carbocycles. The fourth-order valence-electron chi connectivity index (χ4n) is 3.81. The van der Waals surface area contributed by atoms with Crippen molar-refractivity contribution in [1.29, 1.82) is 0 Å². The van der Waals surface area contributed by atoms with E-state index >= 15 is 0 Å². The lowest BCUT2D eigenvalue weighted by Crippen LogP contribution is -2.39. The molecule has 1 saturated heterocycles. The highest BCUT2D eigenvalue weighted by Crippen LogP contribution is 2.27. The Morgan fingerprint density at radius 3 is 2.47 bits per heavy atom. The smallest absolute Gasteiger partial charge is 0.159 e. The Morgan fingerprint density at radius 2 is 1.70 bits per heavy atom. The van der Waals surface area contributed by atoms with Crippen LogP contribution in [0.4, 0.5) is 4.39 Å². The largest absolute Gasteiger partial charge is 0.314 e. The number of hydrogen-bond donors (Lipinski definition) is 1. The van der Waals surface area contributed by atoms with Crippen molar-refractivity contribution in [2.75, 3.05) is 13.1 Å². The minimum absolute atomic E-state index is 0.226. The molecule has 5 rings (SSSR count). The molecule has 0 amide bonds. The number of aromatic nitrogens is 6. The van der Waals surface area contributed by atoms with Crippen LogP contribution in [0.25, 0.3) is 33.6 Å². The van der Waals surface area contributed by atoms with Gasteiger partial charge in [0.25, 0.3) is 0 Å². The maximum atomic E-state index is 14.2. The number of nitrogens with one attached hydrogen (secondary N) is 1. The van der Waals surface area contributed by atoms with E-state index in [9.17, 15) is 4.39 Å². The minimum atomic E-state index is -0.933. The predicted octanol–water partition coefficient (Wildman–Crippen LogP) is 3.28. The first kappa shape index (κ1) is 18.6. The van der Waals surface area contributed by atoms with E-state index < -0.39 is 6.17 Å². The van der Waals surface area contributed by atoms with Crippen LogP contribution in [0.3, 0.4) is 0 Å². The SMILES string of the molecule is Cn1cc(-c2cccc(-c3ncc(-c4cnn(C5CCNC[C@H]5F)c4)cn3)c2)cn1. The summed E-state index contributed by atoms with van der Waals surface area (Å²) in [6.45, 7) is 1.17. The van der Waals surface area contributed by atoms with Crippen molar-refractivity contribution in [2.24, 2.45) is 7.05 Å². The maximum absolute atomic E-state index is 14.2. The van der Waals surface area contributed by atoms with Crippen LogP contribution in [0.1, 0.15) is 12.5 Å². The second-order valence-electron chi connectivity index (χ2n) is 7.56. The molecule has 1 unspecified atom stereocenters. The van der Waals surface area contributed by atoms with Crippen molar-refractivity contribution >= 4 is 0 Å². The molecule has 8 heteroatoms. The average molecular weight is 403 g/mol. The maximum Gasteiger partial charge on any atom is 0.159 e. The van der Waals surface area contributed by atoms with Gasteiger partial charge in [-0.05, 0) is 24.6 Å². The summed E-state index contributed by atoms with van der Waals surface area (Å²) >= 11 is 0. The number of piperidine rings is 1. The van der Waals surface area contributed by atoms with E-state index in [1.165, 1.54) is 0 Å². The van der Waals surface area contributed by atoms with Gasteiger partial charge in [-0.25, -0.2) is 14.4 Å². The van der Waals surface area contributed by atoms with Gasteiger partial charge >= 0.3 is 0 Å². The Morgan fingerprint density at radius 1 is 0.933 bits per heavy atom. The molecule has 7 nitrogen and oxygen atoms in total. The summed E-state index contributed by atoms with van der Waals surface area (Å²) in [5.41, 5.74) is 4.80. The molecule has 0 saturated carbocycles. The first-order valence-electron chi connectivity index (χ1n) is 9.98. The highest BCUT2D eigenvalue weighted by atomic mass is 19.1. The van der Waals surface area contributed by atoms with Gasteiger partial charge in [0.1, 0.15) is 6.17 Å². The summed E-state index contributed by atoms with van der Waals surface area (Å²) in [5, 5.41) is 11.7. The predicted molar refractivity (Wildman–Crippen MR) is 112 cm³/mol. The first-order chi connectivity index (χ1) is 14.7. The van der Waals surface area contributed by atoms with Crippen LogP contribution in [-0.2, 0) is 7.05 Å². The lowest BCUT2D eigenvalue weighted by atomic mass is 10.1. The number of benzene rings is 1. The fourth-order valence-corrected chi connectivity index (χ4v) is 3.81. The summed E-state index contributed by atoms with van der Waals surface area (Å²) in [6.07, 6.45) is 10.8. The van der Waals surface area contributed by atoms with Crippen LogP contribution >= 0.6 is 0 Å². The number of aryl methyl sites for hydroxylation is 1. The van der Waals surface area contributed by atoms with Crippen molar-refractivity contribution in [1.82, 2.24) is 34.8 Å². The highest BCUT2D eigenvalue weighted by molar-refractivity contribution is 5.70. The number of nitrogens with zero attached hydrogens (tertiary/aromatic N) is 6. The zero-order valence-electron chi connectivity index (χ0n) is 16.6. The van der Waals surface area contributed by atoms with E-state index in [1.807, 2.05) is 43.8 Å². The molecule has 3 aromatic heterocycles. The van der Waals surface area contributed by atoms with Gasteiger partial charge in [-0.15, -0.1) is 0 Å². The molecular weight excluding hydrogens is 381 g/mol. The number of rotatable bonds is 4. The Kier molecular flexibility index (Phi) is 4.84. The van der Waals surface area contributed by atoms with Crippen LogP contribution in [-0.4, -0.2) is 48.8 Å². The topological polar surface area (TPSA) is 73.5 Å². The molecular formula is C22H22FN7. The van der Waals surface area contributed by atoms with E-state index in [4.69, 9.17) is 0 Å². The van der Waals surface area contributed by atoms with E-state index in [-0.39, 0.29) is 6.04 Å². The molecule has 0 aliphatic carbocycles. The zero-order chi connectivity index (χ0) is 20.5. The van der Waals surface area contributed by atoms with E-state index in [0.717, 1.165) is 40.8 Å². The zero-order valence-corrected chi connectivity index (χ0v) is 16.6. The third-order valence-corrected chi connectivity index (χ3v) is 5.46. The van der Waals surface area contributed by atoms with Crippen molar-refractivity contribution in [3.8, 4) is 33.6 Å². The molecule has 0 spiro atoms. The van der Waals surface area contributed by atoms with Crippen LogP contribution < -0.4 is 5.32 Å². The third kappa shape index (κ3) is 3.61. The van der Waals surface area contributed by atoms with Crippen LogP contribution in [0.15, 0.2) is 61.4 Å². The van der Waals surface area contributed by atoms with Crippen molar-refractivity contribution in [2.45, 2.75) is 18.6 Å². The number of halogens is 1. The highest BCUT2D eigenvalue weighted by Gasteiger charge is 2.26. The average Bonchev–Trinajstić information content (AvgIpc) is 3.44. The summed E-state index contributed by atoms with van der Waals surface area (Å²) in [7, 11) is 1.90. The number of alkyl halides is 1. The molecule has 0 radical (unpaired) electrons. The molecule has 1 aliphatic heterocycles. The quantitative estimate of drug-likeness (QED) is 0.566. The summed E-state index contributed by atoms with van der Waals surface area (Å²) < 4.78 is 17.7.